The van der Waals surface area contributed by atoms with Crippen LogP contribution in [-0.4, -0.2) is 23.0 Å². The normalized spacial score (nSPS) is 13.2. The second-order valence-electron chi connectivity index (χ2n) is 3.33. The molecule has 1 amide bonds. The largest absolute Gasteiger partial charge is 0.409 e. The zero-order chi connectivity index (χ0) is 12.0. The van der Waals surface area contributed by atoms with Gasteiger partial charge < -0.3 is 16.3 Å². The maximum absolute atomic E-state index is 11.7. The molecule has 0 aromatic heterocycles. The molecule has 0 saturated heterocycles. The molecule has 5 heteroatoms. The SMILES string of the molecule is CCC(NC(=O)c1ccccc1)/C(N)=N/O. The molecule has 1 aromatic carbocycles. The van der Waals surface area contributed by atoms with E-state index in [4.69, 9.17) is 10.9 Å². The van der Waals surface area contributed by atoms with E-state index in [0.29, 0.717) is 12.0 Å². The van der Waals surface area contributed by atoms with Gasteiger partial charge in [-0.15, -0.1) is 0 Å². The smallest absolute Gasteiger partial charge is 0.251 e. The van der Waals surface area contributed by atoms with Gasteiger partial charge in [-0.2, -0.15) is 0 Å². The van der Waals surface area contributed by atoms with E-state index in [1.807, 2.05) is 13.0 Å². The maximum atomic E-state index is 11.7. The number of hydrogen-bond acceptors (Lipinski definition) is 3. The Morgan fingerprint density at radius 1 is 1.50 bits per heavy atom. The van der Waals surface area contributed by atoms with Crippen LogP contribution in [-0.2, 0) is 0 Å². The Labute approximate surface area is 94.0 Å². The average Bonchev–Trinajstić information content (AvgIpc) is 2.35. The highest BCUT2D eigenvalue weighted by Gasteiger charge is 2.15. The molecule has 0 fully saturated rings. The Bertz CT molecular complexity index is 376. The van der Waals surface area contributed by atoms with Crippen molar-refractivity contribution >= 4 is 11.7 Å². The van der Waals surface area contributed by atoms with Crippen LogP contribution in [0.2, 0.25) is 0 Å². The van der Waals surface area contributed by atoms with Gasteiger partial charge in [0.1, 0.15) is 0 Å². The fourth-order valence-electron chi connectivity index (χ4n) is 1.29. The average molecular weight is 221 g/mol. The number of oxime groups is 1. The van der Waals surface area contributed by atoms with Gasteiger partial charge in [-0.1, -0.05) is 30.3 Å². The molecule has 4 N–H and O–H groups in total. The van der Waals surface area contributed by atoms with Crippen molar-refractivity contribution in [2.45, 2.75) is 19.4 Å². The van der Waals surface area contributed by atoms with Crippen molar-refractivity contribution in [2.24, 2.45) is 10.9 Å². The predicted octanol–water partition coefficient (Wildman–Crippen LogP) is 0.941. The molecule has 5 nitrogen and oxygen atoms in total. The van der Waals surface area contributed by atoms with Gasteiger partial charge in [-0.3, -0.25) is 4.79 Å². The first kappa shape index (κ1) is 12.0. The molecule has 1 rings (SSSR count). The molecule has 0 aliphatic rings. The molecule has 0 spiro atoms. The van der Waals surface area contributed by atoms with Crippen molar-refractivity contribution in [2.75, 3.05) is 0 Å². The van der Waals surface area contributed by atoms with E-state index in [-0.39, 0.29) is 11.7 Å². The summed E-state index contributed by atoms with van der Waals surface area (Å²) in [6.07, 6.45) is 0.564. The third kappa shape index (κ3) is 2.98. The molecule has 0 saturated carbocycles. The molecular weight excluding hydrogens is 206 g/mol. The molecule has 1 aromatic rings. The lowest BCUT2D eigenvalue weighted by atomic mass is 10.1. The van der Waals surface area contributed by atoms with Crippen LogP contribution < -0.4 is 11.1 Å². The van der Waals surface area contributed by atoms with Crippen molar-refractivity contribution in [3.8, 4) is 0 Å². The molecular formula is C11H15N3O2. The number of hydrogen-bond donors (Lipinski definition) is 3. The molecule has 1 unspecified atom stereocenters. The number of nitrogens with zero attached hydrogens (tertiary/aromatic N) is 1. The van der Waals surface area contributed by atoms with Crippen molar-refractivity contribution < 1.29 is 10.0 Å². The topological polar surface area (TPSA) is 87.7 Å². The van der Waals surface area contributed by atoms with Gasteiger partial charge >= 0.3 is 0 Å². The number of amides is 1. The Morgan fingerprint density at radius 2 is 2.12 bits per heavy atom. The van der Waals surface area contributed by atoms with Crippen LogP contribution in [0.1, 0.15) is 23.7 Å². The van der Waals surface area contributed by atoms with Gasteiger partial charge in [0, 0.05) is 5.56 Å². The van der Waals surface area contributed by atoms with Crippen LogP contribution in [0.4, 0.5) is 0 Å². The Hall–Kier alpha value is -2.04. The fraction of sp³-hybridized carbons (Fsp3) is 0.273. The van der Waals surface area contributed by atoms with Crippen molar-refractivity contribution in [1.29, 1.82) is 0 Å². The number of nitrogens with two attached hydrogens (primary N) is 1. The highest BCUT2D eigenvalue weighted by Crippen LogP contribution is 2.00. The number of carbonyl (C=O) groups is 1. The van der Waals surface area contributed by atoms with Gasteiger partial charge in [-0.05, 0) is 18.6 Å². The van der Waals surface area contributed by atoms with Crippen LogP contribution in [0.25, 0.3) is 0 Å². The molecule has 0 heterocycles. The second-order valence-corrected chi connectivity index (χ2v) is 3.33. The van der Waals surface area contributed by atoms with E-state index in [2.05, 4.69) is 10.5 Å². The lowest BCUT2D eigenvalue weighted by Gasteiger charge is -2.15. The minimum atomic E-state index is -0.447. The van der Waals surface area contributed by atoms with Crippen LogP contribution in [0.15, 0.2) is 35.5 Å². The summed E-state index contributed by atoms with van der Waals surface area (Å²) in [6, 6.07) is 8.34. The van der Waals surface area contributed by atoms with Crippen LogP contribution in [0.3, 0.4) is 0 Å². The van der Waals surface area contributed by atoms with E-state index in [9.17, 15) is 4.79 Å². The summed E-state index contributed by atoms with van der Waals surface area (Å²) in [7, 11) is 0. The zero-order valence-electron chi connectivity index (χ0n) is 9.05. The number of amidine groups is 1. The summed E-state index contributed by atoms with van der Waals surface area (Å²) < 4.78 is 0. The summed E-state index contributed by atoms with van der Waals surface area (Å²) in [5.41, 5.74) is 5.99. The van der Waals surface area contributed by atoms with Gasteiger partial charge in [0.15, 0.2) is 5.84 Å². The summed E-state index contributed by atoms with van der Waals surface area (Å²) in [4.78, 5) is 11.7. The molecule has 1 atom stereocenters. The number of carbonyl (C=O) groups excluding carboxylic acids is 1. The Morgan fingerprint density at radius 3 is 2.62 bits per heavy atom. The Kier molecular flexibility index (Phi) is 4.32. The predicted molar refractivity (Wildman–Crippen MR) is 61.4 cm³/mol. The van der Waals surface area contributed by atoms with E-state index in [0.717, 1.165) is 0 Å². The third-order valence-electron chi connectivity index (χ3n) is 2.22. The molecule has 0 aliphatic carbocycles. The molecule has 86 valence electrons. The Balaban J connectivity index is 2.70. The molecule has 0 radical (unpaired) electrons. The van der Waals surface area contributed by atoms with E-state index < -0.39 is 6.04 Å². The summed E-state index contributed by atoms with van der Waals surface area (Å²) in [5, 5.41) is 14.1. The van der Waals surface area contributed by atoms with Crippen LogP contribution in [0.5, 0.6) is 0 Å². The van der Waals surface area contributed by atoms with Gasteiger partial charge in [0.05, 0.1) is 6.04 Å². The minimum absolute atomic E-state index is 0.00628. The first-order valence-corrected chi connectivity index (χ1v) is 5.02. The van der Waals surface area contributed by atoms with E-state index in [1.54, 1.807) is 24.3 Å². The van der Waals surface area contributed by atoms with Gasteiger partial charge in [0.2, 0.25) is 0 Å². The van der Waals surface area contributed by atoms with Gasteiger partial charge in [-0.25, -0.2) is 0 Å². The van der Waals surface area contributed by atoms with Gasteiger partial charge in [0.25, 0.3) is 5.91 Å². The number of nitrogens with one attached hydrogen (secondary N) is 1. The van der Waals surface area contributed by atoms with Crippen molar-refractivity contribution in [1.82, 2.24) is 5.32 Å². The van der Waals surface area contributed by atoms with E-state index in [1.165, 1.54) is 0 Å². The van der Waals surface area contributed by atoms with E-state index >= 15 is 0 Å². The maximum Gasteiger partial charge on any atom is 0.251 e. The quantitative estimate of drug-likeness (QED) is 0.306. The standard InChI is InChI=1S/C11H15N3O2/c1-2-9(10(12)14-16)13-11(15)8-6-4-3-5-7-8/h3-7,9,16H,2H2,1H3,(H2,12,14)(H,13,15). The fourth-order valence-corrected chi connectivity index (χ4v) is 1.29. The lowest BCUT2D eigenvalue weighted by molar-refractivity contribution is 0.0945. The second kappa shape index (κ2) is 5.75. The minimum Gasteiger partial charge on any atom is -0.409 e. The zero-order valence-corrected chi connectivity index (χ0v) is 9.05. The third-order valence-corrected chi connectivity index (χ3v) is 2.22. The first-order chi connectivity index (χ1) is 7.69. The van der Waals surface area contributed by atoms with Crippen LogP contribution in [0, 0.1) is 0 Å². The van der Waals surface area contributed by atoms with Crippen molar-refractivity contribution in [3.63, 3.8) is 0 Å². The van der Waals surface area contributed by atoms with Crippen LogP contribution >= 0.6 is 0 Å². The molecule has 0 bridgehead atoms. The highest BCUT2D eigenvalue weighted by atomic mass is 16.4. The summed E-state index contributed by atoms with van der Waals surface area (Å²) >= 11 is 0. The summed E-state index contributed by atoms with van der Waals surface area (Å²) in [6.45, 7) is 1.84. The van der Waals surface area contributed by atoms with Crippen molar-refractivity contribution in [3.05, 3.63) is 35.9 Å². The monoisotopic (exact) mass is 221 g/mol. The number of benzene rings is 1. The molecule has 16 heavy (non-hydrogen) atoms. The highest BCUT2D eigenvalue weighted by molar-refractivity contribution is 5.98. The number of rotatable bonds is 4. The summed E-state index contributed by atoms with van der Waals surface area (Å²) in [5.74, 6) is -0.231. The first-order valence-electron chi connectivity index (χ1n) is 5.02. The molecule has 0 aliphatic heterocycles. The lowest BCUT2D eigenvalue weighted by Crippen LogP contribution is -2.44.